The molecule has 0 aliphatic heterocycles. The average molecular weight is 222 g/mol. The van der Waals surface area contributed by atoms with Crippen LogP contribution in [-0.4, -0.2) is 18.6 Å². The van der Waals surface area contributed by atoms with E-state index in [0.29, 0.717) is 0 Å². The number of furan rings is 1. The highest BCUT2D eigenvalue weighted by Crippen LogP contribution is 2.17. The molecule has 0 spiro atoms. The average Bonchev–Trinajstić information content (AvgIpc) is 2.87. The summed E-state index contributed by atoms with van der Waals surface area (Å²) < 4.78 is 5.28. The molecular formula is C11H14N2OS. The lowest BCUT2D eigenvalue weighted by molar-refractivity contribution is 0.520. The van der Waals surface area contributed by atoms with E-state index < -0.39 is 0 Å². The largest absolute Gasteiger partial charge is 0.469 e. The van der Waals surface area contributed by atoms with Crippen LogP contribution in [0.25, 0.3) is 0 Å². The Balaban J connectivity index is 1.95. The first kappa shape index (κ1) is 10.4. The summed E-state index contributed by atoms with van der Waals surface area (Å²) in [6.45, 7) is 1.00. The maximum absolute atomic E-state index is 5.28. The van der Waals surface area contributed by atoms with Gasteiger partial charge in [-0.1, -0.05) is 0 Å². The van der Waals surface area contributed by atoms with E-state index in [2.05, 4.69) is 10.3 Å². The summed E-state index contributed by atoms with van der Waals surface area (Å²) in [5, 5.41) is 4.25. The van der Waals surface area contributed by atoms with E-state index in [0.717, 1.165) is 30.2 Å². The van der Waals surface area contributed by atoms with Crippen molar-refractivity contribution in [1.82, 2.24) is 10.3 Å². The van der Waals surface area contributed by atoms with Gasteiger partial charge in [-0.25, -0.2) is 4.98 Å². The third kappa shape index (κ3) is 2.91. The molecular weight excluding hydrogens is 208 g/mol. The molecule has 2 aromatic rings. The summed E-state index contributed by atoms with van der Waals surface area (Å²) in [5.41, 5.74) is 0. The fraction of sp³-hybridized carbons (Fsp3) is 0.364. The highest BCUT2D eigenvalue weighted by molar-refractivity contribution is 7.11. The number of rotatable bonds is 5. The van der Waals surface area contributed by atoms with Crippen molar-refractivity contribution in [3.63, 3.8) is 0 Å². The van der Waals surface area contributed by atoms with Gasteiger partial charge in [-0.05, 0) is 32.1 Å². The molecule has 80 valence electrons. The van der Waals surface area contributed by atoms with E-state index in [1.54, 1.807) is 17.6 Å². The molecule has 0 aliphatic rings. The number of thiazole rings is 1. The van der Waals surface area contributed by atoms with E-state index >= 15 is 0 Å². The van der Waals surface area contributed by atoms with Gasteiger partial charge in [-0.3, -0.25) is 0 Å². The van der Waals surface area contributed by atoms with Crippen molar-refractivity contribution in [1.29, 1.82) is 0 Å². The Morgan fingerprint density at radius 3 is 3.20 bits per heavy atom. The summed E-state index contributed by atoms with van der Waals surface area (Å²) in [6.07, 6.45) is 5.51. The van der Waals surface area contributed by atoms with Crippen LogP contribution in [0.3, 0.4) is 0 Å². The molecule has 2 rings (SSSR count). The molecule has 0 aromatic carbocycles. The molecule has 0 radical (unpaired) electrons. The highest BCUT2D eigenvalue weighted by Gasteiger charge is 2.04. The second-order valence-corrected chi connectivity index (χ2v) is 4.53. The van der Waals surface area contributed by atoms with Crippen molar-refractivity contribution < 1.29 is 4.42 Å². The zero-order valence-corrected chi connectivity index (χ0v) is 9.51. The summed E-state index contributed by atoms with van der Waals surface area (Å²) in [7, 11) is 1.96. The van der Waals surface area contributed by atoms with Crippen LogP contribution in [0.1, 0.15) is 15.6 Å². The fourth-order valence-electron chi connectivity index (χ4n) is 1.36. The van der Waals surface area contributed by atoms with Gasteiger partial charge in [-0.15, -0.1) is 11.3 Å². The minimum Gasteiger partial charge on any atom is -0.469 e. The zero-order chi connectivity index (χ0) is 10.5. The standard InChI is InChI=1S/C11H14N2OS/c1-12-5-4-10-8-13-11(15-10)7-9-3-2-6-14-9/h2-3,6,8,12H,4-5,7H2,1H3. The molecule has 15 heavy (non-hydrogen) atoms. The van der Waals surface area contributed by atoms with Crippen LogP contribution in [-0.2, 0) is 12.8 Å². The van der Waals surface area contributed by atoms with Crippen LogP contribution >= 0.6 is 11.3 Å². The van der Waals surface area contributed by atoms with E-state index in [4.69, 9.17) is 4.42 Å². The van der Waals surface area contributed by atoms with Crippen LogP contribution in [0.4, 0.5) is 0 Å². The first-order valence-corrected chi connectivity index (χ1v) is 5.80. The summed E-state index contributed by atoms with van der Waals surface area (Å²) in [6, 6.07) is 3.89. The van der Waals surface area contributed by atoms with Gasteiger partial charge in [0.25, 0.3) is 0 Å². The molecule has 2 heterocycles. The van der Waals surface area contributed by atoms with Gasteiger partial charge in [0.1, 0.15) is 10.8 Å². The van der Waals surface area contributed by atoms with Crippen LogP contribution < -0.4 is 5.32 Å². The Morgan fingerprint density at radius 2 is 2.47 bits per heavy atom. The molecule has 0 amide bonds. The van der Waals surface area contributed by atoms with E-state index in [1.807, 2.05) is 25.4 Å². The molecule has 3 nitrogen and oxygen atoms in total. The van der Waals surface area contributed by atoms with Crippen molar-refractivity contribution in [3.05, 3.63) is 40.2 Å². The van der Waals surface area contributed by atoms with Crippen molar-refractivity contribution in [2.24, 2.45) is 0 Å². The lowest BCUT2D eigenvalue weighted by Crippen LogP contribution is -2.09. The molecule has 1 N–H and O–H groups in total. The van der Waals surface area contributed by atoms with Gasteiger partial charge in [0, 0.05) is 11.1 Å². The van der Waals surface area contributed by atoms with Crippen molar-refractivity contribution in [3.8, 4) is 0 Å². The smallest absolute Gasteiger partial charge is 0.110 e. The minimum absolute atomic E-state index is 0.803. The molecule has 4 heteroatoms. The van der Waals surface area contributed by atoms with Crippen LogP contribution in [0, 0.1) is 0 Å². The third-order valence-corrected chi connectivity index (χ3v) is 3.19. The Kier molecular flexibility index (Phi) is 3.53. The van der Waals surface area contributed by atoms with Gasteiger partial charge in [0.05, 0.1) is 12.7 Å². The first-order valence-electron chi connectivity index (χ1n) is 4.99. The monoisotopic (exact) mass is 222 g/mol. The maximum Gasteiger partial charge on any atom is 0.110 e. The van der Waals surface area contributed by atoms with Gasteiger partial charge in [0.15, 0.2) is 0 Å². The minimum atomic E-state index is 0.803. The molecule has 0 aliphatic carbocycles. The maximum atomic E-state index is 5.28. The first-order chi connectivity index (χ1) is 7.38. The molecule has 0 bridgehead atoms. The van der Waals surface area contributed by atoms with Gasteiger partial charge < -0.3 is 9.73 Å². The van der Waals surface area contributed by atoms with Crippen molar-refractivity contribution in [2.75, 3.05) is 13.6 Å². The normalized spacial score (nSPS) is 10.7. The topological polar surface area (TPSA) is 38.1 Å². The Labute approximate surface area is 93.2 Å². The number of hydrogen-bond acceptors (Lipinski definition) is 4. The van der Waals surface area contributed by atoms with Crippen LogP contribution in [0.2, 0.25) is 0 Å². The Hall–Kier alpha value is -1.13. The fourth-order valence-corrected chi connectivity index (χ4v) is 2.29. The van der Waals surface area contributed by atoms with E-state index in [-0.39, 0.29) is 0 Å². The molecule has 0 atom stereocenters. The predicted octanol–water partition coefficient (Wildman–Crippen LogP) is 2.09. The molecule has 0 fully saturated rings. The molecule has 0 saturated carbocycles. The van der Waals surface area contributed by atoms with Crippen molar-refractivity contribution >= 4 is 11.3 Å². The number of aromatic nitrogens is 1. The predicted molar refractivity (Wildman–Crippen MR) is 61.3 cm³/mol. The molecule has 2 aromatic heterocycles. The van der Waals surface area contributed by atoms with Gasteiger partial charge in [0.2, 0.25) is 0 Å². The quantitative estimate of drug-likeness (QED) is 0.841. The third-order valence-electron chi connectivity index (χ3n) is 2.13. The lowest BCUT2D eigenvalue weighted by Gasteiger charge is -1.93. The summed E-state index contributed by atoms with van der Waals surface area (Å²) >= 11 is 1.76. The summed E-state index contributed by atoms with van der Waals surface area (Å²) in [4.78, 5) is 5.70. The Morgan fingerprint density at radius 1 is 1.53 bits per heavy atom. The Bertz CT molecular complexity index is 394. The van der Waals surface area contributed by atoms with Crippen LogP contribution in [0.15, 0.2) is 29.0 Å². The van der Waals surface area contributed by atoms with Gasteiger partial charge >= 0.3 is 0 Å². The molecule has 0 unspecified atom stereocenters. The lowest BCUT2D eigenvalue weighted by atomic mass is 10.3. The second kappa shape index (κ2) is 5.09. The highest BCUT2D eigenvalue weighted by atomic mass is 32.1. The van der Waals surface area contributed by atoms with Crippen LogP contribution in [0.5, 0.6) is 0 Å². The second-order valence-electron chi connectivity index (χ2n) is 3.33. The number of likely N-dealkylation sites (N-methyl/N-ethyl adjacent to an activating group) is 1. The van der Waals surface area contributed by atoms with Crippen molar-refractivity contribution in [2.45, 2.75) is 12.8 Å². The zero-order valence-electron chi connectivity index (χ0n) is 8.69. The molecule has 0 saturated heterocycles. The SMILES string of the molecule is CNCCc1cnc(Cc2ccco2)s1. The van der Waals surface area contributed by atoms with E-state index in [1.165, 1.54) is 4.88 Å². The summed E-state index contributed by atoms with van der Waals surface area (Å²) in [5.74, 6) is 0.976. The number of nitrogens with one attached hydrogen (secondary N) is 1. The van der Waals surface area contributed by atoms with E-state index in [9.17, 15) is 0 Å². The number of nitrogens with zero attached hydrogens (tertiary/aromatic N) is 1. The number of hydrogen-bond donors (Lipinski definition) is 1. The van der Waals surface area contributed by atoms with Gasteiger partial charge in [-0.2, -0.15) is 0 Å².